The first-order chi connectivity index (χ1) is 9.12. The van der Waals surface area contributed by atoms with Crippen molar-refractivity contribution in [2.24, 2.45) is 0 Å². The lowest BCUT2D eigenvalue weighted by Crippen LogP contribution is -2.34. The summed E-state index contributed by atoms with van der Waals surface area (Å²) in [5, 5.41) is 0. The van der Waals surface area contributed by atoms with Crippen molar-refractivity contribution in [3.8, 4) is 0 Å². The van der Waals surface area contributed by atoms with Crippen LogP contribution in [0.15, 0.2) is 30.3 Å². The van der Waals surface area contributed by atoms with Crippen molar-refractivity contribution in [1.82, 2.24) is 4.90 Å². The van der Waals surface area contributed by atoms with E-state index in [1.165, 1.54) is 12.5 Å². The molecule has 2 rings (SSSR count). The van der Waals surface area contributed by atoms with E-state index >= 15 is 0 Å². The van der Waals surface area contributed by atoms with Gasteiger partial charge in [0.05, 0.1) is 0 Å². The first kappa shape index (κ1) is 14.1. The molecule has 0 amide bonds. The van der Waals surface area contributed by atoms with E-state index in [2.05, 4.69) is 36.2 Å². The molecule has 1 aliphatic rings. The summed E-state index contributed by atoms with van der Waals surface area (Å²) in [4.78, 5) is 13.5. The highest BCUT2D eigenvalue weighted by Crippen LogP contribution is 2.35. The highest BCUT2D eigenvalue weighted by atomic mass is 16.5. The summed E-state index contributed by atoms with van der Waals surface area (Å²) in [7, 11) is 2.16. The minimum absolute atomic E-state index is 0.0162. The SMILES string of the molecule is CC(=O)OCC1(c2ccccc2)CCCN(C)CC1. The van der Waals surface area contributed by atoms with Gasteiger partial charge in [-0.2, -0.15) is 0 Å². The zero-order chi connectivity index (χ0) is 13.7. The first-order valence-corrected chi connectivity index (χ1v) is 7.00. The van der Waals surface area contributed by atoms with Crippen LogP contribution in [-0.2, 0) is 14.9 Å². The molecule has 1 saturated heterocycles. The number of ether oxygens (including phenoxy) is 1. The van der Waals surface area contributed by atoms with Gasteiger partial charge < -0.3 is 9.64 Å². The number of nitrogens with zero attached hydrogens (tertiary/aromatic N) is 1. The van der Waals surface area contributed by atoms with Gasteiger partial charge in [0.1, 0.15) is 6.61 Å². The van der Waals surface area contributed by atoms with Crippen molar-refractivity contribution in [1.29, 1.82) is 0 Å². The van der Waals surface area contributed by atoms with Crippen LogP contribution in [0.5, 0.6) is 0 Å². The van der Waals surface area contributed by atoms with Crippen molar-refractivity contribution in [3.63, 3.8) is 0 Å². The molecule has 1 atom stereocenters. The van der Waals surface area contributed by atoms with Gasteiger partial charge >= 0.3 is 5.97 Å². The van der Waals surface area contributed by atoms with E-state index in [0.717, 1.165) is 32.4 Å². The molecule has 1 unspecified atom stereocenters. The molecule has 0 radical (unpaired) electrons. The highest BCUT2D eigenvalue weighted by molar-refractivity contribution is 5.66. The Hall–Kier alpha value is -1.35. The van der Waals surface area contributed by atoms with E-state index in [1.54, 1.807) is 0 Å². The van der Waals surface area contributed by atoms with E-state index in [-0.39, 0.29) is 11.4 Å². The third-order valence-electron chi connectivity index (χ3n) is 4.11. The second kappa shape index (κ2) is 6.20. The lowest BCUT2D eigenvalue weighted by Gasteiger charge is -2.32. The molecule has 3 nitrogen and oxygen atoms in total. The van der Waals surface area contributed by atoms with Gasteiger partial charge in [-0.3, -0.25) is 4.79 Å². The van der Waals surface area contributed by atoms with Gasteiger partial charge in [-0.05, 0) is 45.0 Å². The molecule has 1 heterocycles. The number of rotatable bonds is 3. The van der Waals surface area contributed by atoms with E-state index in [0.29, 0.717) is 6.61 Å². The molecule has 0 saturated carbocycles. The smallest absolute Gasteiger partial charge is 0.302 e. The number of hydrogen-bond acceptors (Lipinski definition) is 3. The number of carbonyl (C=O) groups excluding carboxylic acids is 1. The van der Waals surface area contributed by atoms with Crippen LogP contribution >= 0.6 is 0 Å². The Morgan fingerprint density at radius 1 is 1.26 bits per heavy atom. The molecule has 19 heavy (non-hydrogen) atoms. The van der Waals surface area contributed by atoms with Crippen molar-refractivity contribution in [2.75, 3.05) is 26.7 Å². The summed E-state index contributed by atoms with van der Waals surface area (Å²) in [5.74, 6) is -0.187. The topological polar surface area (TPSA) is 29.5 Å². The standard InChI is InChI=1S/C16H23NO2/c1-14(18)19-13-16(15-7-4-3-5-8-15)9-6-11-17(2)12-10-16/h3-5,7-8H,6,9-13H2,1-2H3. The highest BCUT2D eigenvalue weighted by Gasteiger charge is 2.34. The van der Waals surface area contributed by atoms with Gasteiger partial charge in [0.25, 0.3) is 0 Å². The average Bonchev–Trinajstić information content (AvgIpc) is 2.61. The van der Waals surface area contributed by atoms with Crippen molar-refractivity contribution in [3.05, 3.63) is 35.9 Å². The second-order valence-electron chi connectivity index (χ2n) is 5.58. The quantitative estimate of drug-likeness (QED) is 0.783. The molecule has 0 bridgehead atoms. The lowest BCUT2D eigenvalue weighted by atomic mass is 9.75. The number of esters is 1. The molecule has 0 spiro atoms. The maximum Gasteiger partial charge on any atom is 0.302 e. The van der Waals surface area contributed by atoms with Crippen molar-refractivity contribution >= 4 is 5.97 Å². The molecule has 0 aromatic heterocycles. The minimum Gasteiger partial charge on any atom is -0.465 e. The van der Waals surface area contributed by atoms with Gasteiger partial charge in [-0.25, -0.2) is 0 Å². The van der Waals surface area contributed by atoms with Crippen LogP contribution in [0, 0.1) is 0 Å². The predicted octanol–water partition coefficient (Wildman–Crippen LogP) is 2.60. The Balaban J connectivity index is 2.24. The van der Waals surface area contributed by atoms with Crippen molar-refractivity contribution < 1.29 is 9.53 Å². The van der Waals surface area contributed by atoms with Crippen LogP contribution in [0.3, 0.4) is 0 Å². The van der Waals surface area contributed by atoms with Gasteiger partial charge in [-0.15, -0.1) is 0 Å². The molecule has 1 aliphatic heterocycles. The summed E-state index contributed by atoms with van der Waals surface area (Å²) >= 11 is 0. The van der Waals surface area contributed by atoms with Crippen LogP contribution in [-0.4, -0.2) is 37.6 Å². The first-order valence-electron chi connectivity index (χ1n) is 7.00. The zero-order valence-electron chi connectivity index (χ0n) is 11.9. The van der Waals surface area contributed by atoms with Gasteiger partial charge in [0, 0.05) is 12.3 Å². The predicted molar refractivity (Wildman–Crippen MR) is 76.1 cm³/mol. The molecular formula is C16H23NO2. The summed E-state index contributed by atoms with van der Waals surface area (Å²) < 4.78 is 5.37. The maximum absolute atomic E-state index is 11.2. The molecule has 1 fully saturated rings. The molecule has 1 aromatic carbocycles. The van der Waals surface area contributed by atoms with Crippen LogP contribution in [0.2, 0.25) is 0 Å². The average molecular weight is 261 g/mol. The maximum atomic E-state index is 11.2. The monoisotopic (exact) mass is 261 g/mol. The minimum atomic E-state index is -0.187. The summed E-state index contributed by atoms with van der Waals surface area (Å²) in [6, 6.07) is 10.5. The van der Waals surface area contributed by atoms with Crippen LogP contribution in [0.4, 0.5) is 0 Å². The van der Waals surface area contributed by atoms with Crippen LogP contribution in [0.25, 0.3) is 0 Å². The van der Waals surface area contributed by atoms with Gasteiger partial charge in [0.15, 0.2) is 0 Å². The number of benzene rings is 1. The van der Waals surface area contributed by atoms with E-state index in [1.807, 2.05) is 6.07 Å². The molecule has 0 aliphatic carbocycles. The number of hydrogen-bond donors (Lipinski definition) is 0. The zero-order valence-corrected chi connectivity index (χ0v) is 11.9. The molecular weight excluding hydrogens is 238 g/mol. The summed E-state index contributed by atoms with van der Waals surface area (Å²) in [5.41, 5.74) is 1.28. The second-order valence-corrected chi connectivity index (χ2v) is 5.58. The molecule has 0 N–H and O–H groups in total. The Kier molecular flexibility index (Phi) is 4.59. The Morgan fingerprint density at radius 2 is 2.00 bits per heavy atom. The normalized spacial score (nSPS) is 24.7. The number of likely N-dealkylation sites (tertiary alicyclic amines) is 1. The van der Waals surface area contributed by atoms with Crippen molar-refractivity contribution in [2.45, 2.75) is 31.6 Å². The fourth-order valence-electron chi connectivity index (χ4n) is 2.88. The summed E-state index contributed by atoms with van der Waals surface area (Å²) in [6.45, 7) is 4.16. The van der Waals surface area contributed by atoms with E-state index in [9.17, 15) is 4.79 Å². The number of carbonyl (C=O) groups is 1. The lowest BCUT2D eigenvalue weighted by molar-refractivity contribution is -0.143. The Morgan fingerprint density at radius 3 is 2.68 bits per heavy atom. The Bertz CT molecular complexity index is 418. The fraction of sp³-hybridized carbons (Fsp3) is 0.562. The molecule has 1 aromatic rings. The van der Waals surface area contributed by atoms with E-state index < -0.39 is 0 Å². The van der Waals surface area contributed by atoms with Crippen LogP contribution < -0.4 is 0 Å². The molecule has 3 heteroatoms. The fourth-order valence-corrected chi connectivity index (χ4v) is 2.88. The van der Waals surface area contributed by atoms with Gasteiger partial charge in [-0.1, -0.05) is 30.3 Å². The third-order valence-corrected chi connectivity index (χ3v) is 4.11. The third kappa shape index (κ3) is 3.57. The largest absolute Gasteiger partial charge is 0.465 e. The van der Waals surface area contributed by atoms with Gasteiger partial charge in [0.2, 0.25) is 0 Å². The summed E-state index contributed by atoms with van der Waals surface area (Å²) in [6.07, 6.45) is 3.27. The van der Waals surface area contributed by atoms with E-state index in [4.69, 9.17) is 4.74 Å². The van der Waals surface area contributed by atoms with Crippen LogP contribution in [0.1, 0.15) is 31.7 Å². The molecule has 104 valence electrons. The Labute approximate surface area is 115 Å².